The van der Waals surface area contributed by atoms with Gasteiger partial charge in [0, 0.05) is 11.7 Å². The van der Waals surface area contributed by atoms with Crippen molar-refractivity contribution in [3.05, 3.63) is 63.7 Å². The number of hydrogen-bond acceptors (Lipinski definition) is 8. The van der Waals surface area contributed by atoms with E-state index in [4.69, 9.17) is 20.9 Å². The molecule has 3 amide bonds. The molecule has 1 heterocycles. The molecule has 1 atom stereocenters. The standard InChI is InChI=1S/C28H33N5O5S/c1-15-9-11-19(13-16(15)2)33(28(36)25-22(29)23(26(30)34)32-39-25)24(27(35)31-18-7-5-6-8-18)17-10-12-20(37-3)21(14-17)38-4/h9-14,18,24H,5-8,29H2,1-4H3,(H2,30,34)(H,31,35)/t24-/m0/s1. The Hall–Kier alpha value is -4.12. The summed E-state index contributed by atoms with van der Waals surface area (Å²) in [7, 11) is 3.03. The molecule has 39 heavy (non-hydrogen) atoms. The fourth-order valence-corrected chi connectivity index (χ4v) is 5.53. The number of carbonyl (C=O) groups is 3. The first kappa shape index (κ1) is 27.9. The molecule has 0 radical (unpaired) electrons. The van der Waals surface area contributed by atoms with Gasteiger partial charge in [0.1, 0.15) is 10.9 Å². The van der Waals surface area contributed by atoms with Crippen LogP contribution in [0.1, 0.15) is 68.6 Å². The van der Waals surface area contributed by atoms with Gasteiger partial charge in [0.2, 0.25) is 5.91 Å². The van der Waals surface area contributed by atoms with Crippen LogP contribution in [0.5, 0.6) is 11.5 Å². The molecular weight excluding hydrogens is 518 g/mol. The predicted octanol–water partition coefficient (Wildman–Crippen LogP) is 3.91. The Bertz CT molecular complexity index is 1400. The summed E-state index contributed by atoms with van der Waals surface area (Å²) in [5.41, 5.74) is 14.2. The molecule has 11 heteroatoms. The van der Waals surface area contributed by atoms with Crippen molar-refractivity contribution in [1.82, 2.24) is 9.69 Å². The van der Waals surface area contributed by atoms with Gasteiger partial charge in [-0.25, -0.2) is 0 Å². The number of aromatic nitrogens is 1. The monoisotopic (exact) mass is 551 g/mol. The van der Waals surface area contributed by atoms with Crippen LogP contribution in [0.3, 0.4) is 0 Å². The van der Waals surface area contributed by atoms with Gasteiger partial charge < -0.3 is 26.3 Å². The third kappa shape index (κ3) is 5.68. The Morgan fingerprint density at radius 1 is 1.03 bits per heavy atom. The van der Waals surface area contributed by atoms with Gasteiger partial charge >= 0.3 is 0 Å². The van der Waals surface area contributed by atoms with Crippen LogP contribution >= 0.6 is 11.5 Å². The number of hydrogen-bond donors (Lipinski definition) is 3. The number of nitrogens with zero attached hydrogens (tertiary/aromatic N) is 2. The lowest BCUT2D eigenvalue weighted by Gasteiger charge is -2.32. The fraction of sp³-hybridized carbons (Fsp3) is 0.357. The summed E-state index contributed by atoms with van der Waals surface area (Å²) in [6.45, 7) is 3.89. The molecule has 0 aliphatic heterocycles. The summed E-state index contributed by atoms with van der Waals surface area (Å²) in [6.07, 6.45) is 3.79. The van der Waals surface area contributed by atoms with Crippen LogP contribution in [0.2, 0.25) is 0 Å². The maximum absolute atomic E-state index is 14.3. The van der Waals surface area contributed by atoms with E-state index >= 15 is 0 Å². The van der Waals surface area contributed by atoms with E-state index in [9.17, 15) is 14.4 Å². The van der Waals surface area contributed by atoms with E-state index in [2.05, 4.69) is 9.69 Å². The Labute approximate surface area is 231 Å². The second-order valence-corrected chi connectivity index (χ2v) is 10.4. The Morgan fingerprint density at radius 3 is 2.31 bits per heavy atom. The summed E-state index contributed by atoms with van der Waals surface area (Å²) >= 11 is 0.770. The maximum atomic E-state index is 14.3. The van der Waals surface area contributed by atoms with Crippen LogP contribution < -0.4 is 31.2 Å². The molecule has 3 aromatic rings. The number of methoxy groups -OCH3 is 2. The fourth-order valence-electron chi connectivity index (χ4n) is 4.79. The van der Waals surface area contributed by atoms with Crippen molar-refractivity contribution in [1.29, 1.82) is 0 Å². The van der Waals surface area contributed by atoms with E-state index in [1.54, 1.807) is 24.3 Å². The molecule has 0 spiro atoms. The van der Waals surface area contributed by atoms with Crippen molar-refractivity contribution in [2.45, 2.75) is 51.6 Å². The van der Waals surface area contributed by atoms with E-state index in [1.165, 1.54) is 19.1 Å². The van der Waals surface area contributed by atoms with Crippen molar-refractivity contribution < 1.29 is 23.9 Å². The lowest BCUT2D eigenvalue weighted by atomic mass is 10.00. The van der Waals surface area contributed by atoms with Crippen LogP contribution in [0.25, 0.3) is 0 Å². The van der Waals surface area contributed by atoms with Crippen molar-refractivity contribution in [2.24, 2.45) is 5.73 Å². The van der Waals surface area contributed by atoms with Crippen LogP contribution in [0, 0.1) is 13.8 Å². The lowest BCUT2D eigenvalue weighted by Crippen LogP contribution is -2.46. The lowest BCUT2D eigenvalue weighted by molar-refractivity contribution is -0.123. The molecule has 10 nitrogen and oxygen atoms in total. The molecule has 1 aromatic heterocycles. The zero-order chi connectivity index (χ0) is 28.3. The molecule has 1 aliphatic rings. The highest BCUT2D eigenvalue weighted by Gasteiger charge is 2.37. The highest BCUT2D eigenvalue weighted by molar-refractivity contribution is 7.09. The third-order valence-electron chi connectivity index (χ3n) is 7.07. The number of carbonyl (C=O) groups excluding carboxylic acids is 3. The normalized spacial score (nSPS) is 14.1. The van der Waals surface area contributed by atoms with Crippen molar-refractivity contribution in [3.63, 3.8) is 0 Å². The van der Waals surface area contributed by atoms with Gasteiger partial charge in [-0.2, -0.15) is 4.37 Å². The molecule has 206 valence electrons. The zero-order valence-electron chi connectivity index (χ0n) is 22.4. The van der Waals surface area contributed by atoms with Gasteiger partial charge in [0.05, 0.1) is 19.9 Å². The van der Waals surface area contributed by atoms with Gasteiger partial charge in [0.25, 0.3) is 11.8 Å². The number of anilines is 2. The van der Waals surface area contributed by atoms with E-state index in [1.807, 2.05) is 26.0 Å². The highest BCUT2D eigenvalue weighted by Crippen LogP contribution is 2.37. The molecular formula is C28H33N5O5S. The molecule has 0 saturated heterocycles. The van der Waals surface area contributed by atoms with Crippen LogP contribution in [-0.4, -0.2) is 42.4 Å². The van der Waals surface area contributed by atoms with Crippen molar-refractivity contribution in [2.75, 3.05) is 24.9 Å². The number of aryl methyl sites for hydroxylation is 2. The van der Waals surface area contributed by atoms with Crippen LogP contribution in [0.15, 0.2) is 36.4 Å². The molecule has 5 N–H and O–H groups in total. The van der Waals surface area contributed by atoms with E-state index < -0.39 is 17.9 Å². The summed E-state index contributed by atoms with van der Waals surface area (Å²) in [5.74, 6) is -0.871. The molecule has 0 unspecified atom stereocenters. The molecule has 2 aromatic carbocycles. The van der Waals surface area contributed by atoms with Gasteiger partial charge in [-0.05, 0) is 79.2 Å². The number of ether oxygens (including phenoxy) is 2. The maximum Gasteiger partial charge on any atom is 0.273 e. The van der Waals surface area contributed by atoms with E-state index in [-0.39, 0.29) is 28.2 Å². The first-order chi connectivity index (χ1) is 18.7. The number of rotatable bonds is 9. The van der Waals surface area contributed by atoms with E-state index in [0.29, 0.717) is 22.7 Å². The van der Waals surface area contributed by atoms with Gasteiger partial charge in [-0.1, -0.05) is 25.0 Å². The Kier molecular flexibility index (Phi) is 8.39. The Morgan fingerprint density at radius 2 is 1.72 bits per heavy atom. The average molecular weight is 552 g/mol. The molecule has 0 bridgehead atoms. The highest BCUT2D eigenvalue weighted by atomic mass is 32.1. The molecule has 1 saturated carbocycles. The first-order valence-corrected chi connectivity index (χ1v) is 13.4. The predicted molar refractivity (Wildman–Crippen MR) is 150 cm³/mol. The SMILES string of the molecule is COc1ccc([C@@H](C(=O)NC2CCCC2)N(C(=O)c2snc(C(N)=O)c2N)c2ccc(C)c(C)c2)cc1OC. The molecule has 1 aliphatic carbocycles. The first-order valence-electron chi connectivity index (χ1n) is 12.6. The summed E-state index contributed by atoms with van der Waals surface area (Å²) in [5, 5.41) is 3.14. The van der Waals surface area contributed by atoms with Crippen LogP contribution in [-0.2, 0) is 4.79 Å². The largest absolute Gasteiger partial charge is 0.493 e. The minimum atomic E-state index is -1.10. The number of nitrogens with two attached hydrogens (primary N) is 2. The number of nitrogen functional groups attached to an aromatic ring is 1. The van der Waals surface area contributed by atoms with Gasteiger partial charge in [-0.3, -0.25) is 19.3 Å². The summed E-state index contributed by atoms with van der Waals surface area (Å²) in [4.78, 5) is 41.6. The minimum Gasteiger partial charge on any atom is -0.493 e. The van der Waals surface area contributed by atoms with Gasteiger partial charge in [-0.15, -0.1) is 0 Å². The van der Waals surface area contributed by atoms with Gasteiger partial charge in [0.15, 0.2) is 17.2 Å². The second-order valence-electron chi connectivity index (χ2n) is 9.59. The number of amides is 3. The average Bonchev–Trinajstić information content (AvgIpc) is 3.57. The summed E-state index contributed by atoms with van der Waals surface area (Å²) < 4.78 is 14.9. The number of nitrogens with one attached hydrogen (secondary N) is 1. The minimum absolute atomic E-state index is 0.00629. The smallest absolute Gasteiger partial charge is 0.273 e. The second kappa shape index (κ2) is 11.7. The number of primary amides is 1. The Balaban J connectivity index is 1.92. The van der Waals surface area contributed by atoms with Crippen molar-refractivity contribution >= 4 is 40.6 Å². The summed E-state index contributed by atoms with van der Waals surface area (Å²) in [6, 6.07) is 9.52. The third-order valence-corrected chi connectivity index (χ3v) is 7.93. The topological polar surface area (TPSA) is 150 Å². The zero-order valence-corrected chi connectivity index (χ0v) is 23.3. The quantitative estimate of drug-likeness (QED) is 0.365. The van der Waals surface area contributed by atoms with E-state index in [0.717, 1.165) is 48.3 Å². The van der Waals surface area contributed by atoms with Crippen LogP contribution in [0.4, 0.5) is 11.4 Å². The molecule has 4 rings (SSSR count). The number of benzene rings is 2. The van der Waals surface area contributed by atoms with Crippen molar-refractivity contribution in [3.8, 4) is 11.5 Å². The molecule has 1 fully saturated rings.